The lowest BCUT2D eigenvalue weighted by molar-refractivity contribution is 1.43. The summed E-state index contributed by atoms with van der Waals surface area (Å²) in [6.07, 6.45) is 0. The van der Waals surface area contributed by atoms with E-state index in [1.807, 2.05) is 5.41 Å². The second kappa shape index (κ2) is 1.29. The van der Waals surface area contributed by atoms with Crippen molar-refractivity contribution >= 4 is 17.6 Å². The predicted octanol–water partition coefficient (Wildman–Crippen LogP) is 0.874. The predicted molar refractivity (Wildman–Crippen MR) is 24.5 cm³/mol. The van der Waals surface area contributed by atoms with Crippen LogP contribution in [0.4, 0.5) is 0 Å². The summed E-state index contributed by atoms with van der Waals surface area (Å²) in [5.41, 5.74) is 0. The van der Waals surface area contributed by atoms with Crippen LogP contribution in [0.25, 0.3) is 0 Å². The number of hydrogen-bond donors (Lipinski definition) is 0. The van der Waals surface area contributed by atoms with Gasteiger partial charge in [-0.25, -0.2) is 4.99 Å². The van der Waals surface area contributed by atoms with Crippen LogP contribution in [0.15, 0.2) is 10.4 Å². The Hall–Kier alpha value is -0.200. The van der Waals surface area contributed by atoms with Crippen LogP contribution in [0.2, 0.25) is 0 Å². The molecular weight excluding hydrogens is 82.1 g/mol. The first-order valence-electron chi connectivity index (χ1n) is 1.35. The Morgan fingerprint density at radius 3 is 3.20 bits per heavy atom. The molecule has 1 rings (SSSR count). The molecule has 0 atom stereocenters. The standard InChI is InChI=1S/C3H3NS/c1-2-5-3-4-1/h2H,3H2. The van der Waals surface area contributed by atoms with Gasteiger partial charge in [-0.15, -0.1) is 0 Å². The van der Waals surface area contributed by atoms with Crippen LogP contribution in [0, 0.1) is 0 Å². The zero-order valence-corrected chi connectivity index (χ0v) is 3.46. The molecule has 1 aliphatic rings. The molecule has 0 fully saturated rings. The van der Waals surface area contributed by atoms with Gasteiger partial charge in [0.25, 0.3) is 0 Å². The van der Waals surface area contributed by atoms with Crippen molar-refractivity contribution in [3.05, 3.63) is 5.41 Å². The third kappa shape index (κ3) is 0.534. The lowest BCUT2D eigenvalue weighted by atomic mass is 11.1. The number of nitrogens with zero attached hydrogens (tertiary/aromatic N) is 1. The molecule has 0 N–H and O–H groups in total. The first-order valence-corrected chi connectivity index (χ1v) is 2.40. The quantitative estimate of drug-likeness (QED) is 0.425. The fourth-order valence-corrected chi connectivity index (χ4v) is 0.559. The van der Waals surface area contributed by atoms with Crippen molar-refractivity contribution < 1.29 is 0 Å². The van der Waals surface area contributed by atoms with Crippen molar-refractivity contribution in [2.24, 2.45) is 4.99 Å². The van der Waals surface area contributed by atoms with Gasteiger partial charge in [-0.3, -0.25) is 0 Å². The zero-order valence-electron chi connectivity index (χ0n) is 2.64. The molecule has 0 amide bonds. The molecule has 0 aromatic heterocycles. The number of hydrogen-bond acceptors (Lipinski definition) is 2. The summed E-state index contributed by atoms with van der Waals surface area (Å²) in [5, 5.41) is 1.86. The molecule has 0 saturated heterocycles. The number of rotatable bonds is 0. The summed E-state index contributed by atoms with van der Waals surface area (Å²) in [7, 11) is 0. The molecule has 0 aromatic rings. The molecular formula is C3H3NS. The van der Waals surface area contributed by atoms with Crippen molar-refractivity contribution in [2.75, 3.05) is 5.88 Å². The Bertz CT molecular complexity index is 72.9. The third-order valence-corrected chi connectivity index (χ3v) is 0.917. The van der Waals surface area contributed by atoms with E-state index < -0.39 is 0 Å². The lowest BCUT2D eigenvalue weighted by Gasteiger charge is -1.65. The first kappa shape index (κ1) is 3.01. The Balaban J connectivity index is 2.64. The van der Waals surface area contributed by atoms with Gasteiger partial charge in [-0.2, -0.15) is 0 Å². The highest BCUT2D eigenvalue weighted by Crippen LogP contribution is 2.01. The van der Waals surface area contributed by atoms with Gasteiger partial charge in [0, 0.05) is 5.41 Å². The van der Waals surface area contributed by atoms with Crippen LogP contribution in [0.5, 0.6) is 0 Å². The Morgan fingerprint density at radius 1 is 2.00 bits per heavy atom. The summed E-state index contributed by atoms with van der Waals surface area (Å²) in [4.78, 5) is 3.74. The van der Waals surface area contributed by atoms with Crippen LogP contribution in [-0.2, 0) is 0 Å². The Kier molecular flexibility index (Phi) is 0.778. The van der Waals surface area contributed by atoms with E-state index in [2.05, 4.69) is 10.9 Å². The summed E-state index contributed by atoms with van der Waals surface area (Å²) >= 11 is 1.67. The zero-order chi connectivity index (χ0) is 3.54. The van der Waals surface area contributed by atoms with Crippen molar-refractivity contribution in [3.63, 3.8) is 0 Å². The molecule has 5 heavy (non-hydrogen) atoms. The molecule has 0 aliphatic carbocycles. The second-order valence-electron chi connectivity index (χ2n) is 0.701. The monoisotopic (exact) mass is 85.0 g/mol. The molecule has 0 unspecified atom stereocenters. The maximum Gasteiger partial charge on any atom is 0.0985 e. The first-order chi connectivity index (χ1) is 2.50. The number of thioether (sulfide) groups is 1. The van der Waals surface area contributed by atoms with Gasteiger partial charge in [0.15, 0.2) is 0 Å². The Labute approximate surface area is 34.8 Å². The van der Waals surface area contributed by atoms with Crippen molar-refractivity contribution in [2.45, 2.75) is 0 Å². The highest BCUT2D eigenvalue weighted by Gasteiger charge is 1.77. The maximum atomic E-state index is 3.74. The average Bonchev–Trinajstić information content (AvgIpc) is 1.76. The fourth-order valence-electron chi connectivity index (χ4n) is 0.186. The topological polar surface area (TPSA) is 12.4 Å². The normalized spacial score (nSPS) is 17.6. The summed E-state index contributed by atoms with van der Waals surface area (Å²) in [6.45, 7) is 0. The van der Waals surface area contributed by atoms with Crippen LogP contribution < -0.4 is 0 Å². The van der Waals surface area contributed by atoms with Crippen LogP contribution >= 0.6 is 11.8 Å². The van der Waals surface area contributed by atoms with Gasteiger partial charge in [-0.05, 0) is 5.87 Å². The van der Waals surface area contributed by atoms with E-state index in [1.165, 1.54) is 0 Å². The highest BCUT2D eigenvalue weighted by atomic mass is 32.2. The van der Waals surface area contributed by atoms with Gasteiger partial charge < -0.3 is 0 Å². The molecule has 1 nitrogen and oxygen atoms in total. The molecule has 1 heterocycles. The molecule has 26 valence electrons. The summed E-state index contributed by atoms with van der Waals surface area (Å²) < 4.78 is 0. The molecule has 2 heteroatoms. The molecule has 0 saturated carbocycles. The maximum absolute atomic E-state index is 3.74. The molecule has 0 bridgehead atoms. The van der Waals surface area contributed by atoms with Crippen LogP contribution in [0.1, 0.15) is 0 Å². The summed E-state index contributed by atoms with van der Waals surface area (Å²) in [6, 6.07) is 0. The average molecular weight is 85.1 g/mol. The second-order valence-corrected chi connectivity index (χ2v) is 1.53. The molecule has 0 aromatic carbocycles. The van der Waals surface area contributed by atoms with Gasteiger partial charge in [0.1, 0.15) is 0 Å². The van der Waals surface area contributed by atoms with Crippen molar-refractivity contribution in [3.8, 4) is 0 Å². The SMILES string of the molecule is C1=CSCN=1. The molecule has 1 aliphatic heterocycles. The van der Waals surface area contributed by atoms with Gasteiger partial charge >= 0.3 is 0 Å². The lowest BCUT2D eigenvalue weighted by Crippen LogP contribution is -1.49. The van der Waals surface area contributed by atoms with Crippen molar-refractivity contribution in [1.29, 1.82) is 0 Å². The van der Waals surface area contributed by atoms with E-state index in [1.54, 1.807) is 11.8 Å². The van der Waals surface area contributed by atoms with Gasteiger partial charge in [-0.1, -0.05) is 11.8 Å². The van der Waals surface area contributed by atoms with E-state index in [0.717, 1.165) is 5.88 Å². The minimum absolute atomic E-state index is 0.875. The number of aliphatic imine (C=N–C) groups is 1. The Morgan fingerprint density at radius 2 is 3.00 bits per heavy atom. The molecule has 0 radical (unpaired) electrons. The van der Waals surface area contributed by atoms with Crippen LogP contribution in [0.3, 0.4) is 0 Å². The third-order valence-electron chi connectivity index (χ3n) is 0.366. The minimum Gasteiger partial charge on any atom is -0.231 e. The van der Waals surface area contributed by atoms with Crippen molar-refractivity contribution in [1.82, 2.24) is 0 Å². The molecule has 0 spiro atoms. The largest absolute Gasteiger partial charge is 0.231 e. The van der Waals surface area contributed by atoms with E-state index in [0.29, 0.717) is 0 Å². The van der Waals surface area contributed by atoms with E-state index >= 15 is 0 Å². The van der Waals surface area contributed by atoms with Gasteiger partial charge in [0.2, 0.25) is 0 Å². The fraction of sp³-hybridized carbons (Fsp3) is 0.333. The van der Waals surface area contributed by atoms with E-state index in [-0.39, 0.29) is 0 Å². The van der Waals surface area contributed by atoms with E-state index in [4.69, 9.17) is 0 Å². The van der Waals surface area contributed by atoms with Crippen LogP contribution in [-0.4, -0.2) is 11.7 Å². The minimum atomic E-state index is 0.875. The smallest absolute Gasteiger partial charge is 0.0985 e. The highest BCUT2D eigenvalue weighted by molar-refractivity contribution is 8.02. The summed E-state index contributed by atoms with van der Waals surface area (Å²) in [5.74, 6) is 3.56. The van der Waals surface area contributed by atoms with E-state index in [9.17, 15) is 0 Å². The van der Waals surface area contributed by atoms with Gasteiger partial charge in [0.05, 0.1) is 5.88 Å².